The van der Waals surface area contributed by atoms with Gasteiger partial charge in [0.15, 0.2) is 0 Å². The second kappa shape index (κ2) is 8.67. The van der Waals surface area contributed by atoms with Gasteiger partial charge in [0.25, 0.3) is 0 Å². The summed E-state index contributed by atoms with van der Waals surface area (Å²) in [5.74, 6) is 0.0860. The molecule has 0 bridgehead atoms. The van der Waals surface area contributed by atoms with E-state index >= 15 is 0 Å². The SMILES string of the molecule is CC[C@@H](C(=O)N(CCc1cccs1)Cc1ccoc1)c1ccccc1. The second-order valence-electron chi connectivity index (χ2n) is 6.09. The average Bonchev–Trinajstić information content (AvgIpc) is 3.34. The Balaban J connectivity index is 1.77. The molecule has 0 aliphatic rings. The summed E-state index contributed by atoms with van der Waals surface area (Å²) in [6, 6.07) is 16.2. The van der Waals surface area contributed by atoms with Crippen molar-refractivity contribution in [1.82, 2.24) is 4.90 Å². The van der Waals surface area contributed by atoms with Crippen LogP contribution in [0.15, 0.2) is 70.9 Å². The van der Waals surface area contributed by atoms with Gasteiger partial charge in [0.1, 0.15) is 0 Å². The third kappa shape index (κ3) is 4.60. The van der Waals surface area contributed by atoms with Crippen LogP contribution in [0.25, 0.3) is 0 Å². The van der Waals surface area contributed by atoms with E-state index in [2.05, 4.69) is 24.4 Å². The van der Waals surface area contributed by atoms with Crippen LogP contribution in [0.3, 0.4) is 0 Å². The lowest BCUT2D eigenvalue weighted by Crippen LogP contribution is -2.36. The minimum absolute atomic E-state index is 0.101. The number of rotatable bonds is 8. The lowest BCUT2D eigenvalue weighted by Gasteiger charge is -2.27. The van der Waals surface area contributed by atoms with Crippen molar-refractivity contribution in [3.63, 3.8) is 0 Å². The predicted octanol–water partition coefficient (Wildman–Crippen LogP) is 5.11. The number of furan rings is 1. The summed E-state index contributed by atoms with van der Waals surface area (Å²) < 4.78 is 5.18. The first-order valence-electron chi connectivity index (χ1n) is 8.65. The van der Waals surface area contributed by atoms with E-state index < -0.39 is 0 Å². The molecule has 2 heterocycles. The van der Waals surface area contributed by atoms with Crippen LogP contribution < -0.4 is 0 Å². The van der Waals surface area contributed by atoms with E-state index in [0.29, 0.717) is 13.1 Å². The predicted molar refractivity (Wildman–Crippen MR) is 102 cm³/mol. The smallest absolute Gasteiger partial charge is 0.230 e. The molecule has 0 aliphatic carbocycles. The molecule has 1 amide bonds. The van der Waals surface area contributed by atoms with Crippen molar-refractivity contribution in [1.29, 1.82) is 0 Å². The average molecular weight is 353 g/mol. The molecule has 4 heteroatoms. The molecule has 1 aromatic carbocycles. The van der Waals surface area contributed by atoms with Crippen molar-refractivity contribution < 1.29 is 9.21 Å². The van der Waals surface area contributed by atoms with E-state index in [-0.39, 0.29) is 11.8 Å². The number of carbonyl (C=O) groups is 1. The molecule has 0 unspecified atom stereocenters. The van der Waals surface area contributed by atoms with Gasteiger partial charge in [0.05, 0.1) is 18.4 Å². The summed E-state index contributed by atoms with van der Waals surface area (Å²) in [6.07, 6.45) is 5.05. The van der Waals surface area contributed by atoms with Gasteiger partial charge in [-0.2, -0.15) is 0 Å². The number of hydrogen-bond acceptors (Lipinski definition) is 3. The fraction of sp³-hybridized carbons (Fsp3) is 0.286. The Morgan fingerprint density at radius 2 is 2.00 bits per heavy atom. The summed E-state index contributed by atoms with van der Waals surface area (Å²) in [4.78, 5) is 16.5. The topological polar surface area (TPSA) is 33.5 Å². The van der Waals surface area contributed by atoms with Gasteiger partial charge in [0, 0.05) is 23.5 Å². The zero-order valence-corrected chi connectivity index (χ0v) is 15.2. The van der Waals surface area contributed by atoms with E-state index in [1.165, 1.54) is 4.88 Å². The standard InChI is InChI=1S/C21H23NO2S/c1-2-20(18-7-4-3-5-8-18)21(23)22(15-17-11-13-24-16-17)12-10-19-9-6-14-25-19/h3-9,11,13-14,16,20H,2,10,12,15H2,1H3/t20-/m1/s1. The van der Waals surface area contributed by atoms with Crippen molar-refractivity contribution in [3.05, 3.63) is 82.4 Å². The van der Waals surface area contributed by atoms with Crippen molar-refractivity contribution in [2.45, 2.75) is 32.2 Å². The van der Waals surface area contributed by atoms with Crippen LogP contribution in [-0.2, 0) is 17.8 Å². The van der Waals surface area contributed by atoms with Crippen molar-refractivity contribution in [2.75, 3.05) is 6.54 Å². The summed E-state index contributed by atoms with van der Waals surface area (Å²) >= 11 is 1.74. The monoisotopic (exact) mass is 353 g/mol. The summed E-state index contributed by atoms with van der Waals surface area (Å²) in [6.45, 7) is 3.38. The van der Waals surface area contributed by atoms with Crippen LogP contribution in [-0.4, -0.2) is 17.4 Å². The molecule has 0 aliphatic heterocycles. The van der Waals surface area contributed by atoms with Gasteiger partial charge in [-0.25, -0.2) is 0 Å². The molecule has 2 aromatic heterocycles. The minimum Gasteiger partial charge on any atom is -0.472 e. The summed E-state index contributed by atoms with van der Waals surface area (Å²) in [7, 11) is 0. The van der Waals surface area contributed by atoms with E-state index in [9.17, 15) is 4.79 Å². The van der Waals surface area contributed by atoms with Crippen LogP contribution in [0.1, 0.15) is 35.3 Å². The molecule has 3 aromatic rings. The van der Waals surface area contributed by atoms with Gasteiger partial charge in [-0.05, 0) is 35.9 Å². The van der Waals surface area contributed by atoms with Crippen LogP contribution in [0.5, 0.6) is 0 Å². The Kier molecular flexibility index (Phi) is 6.07. The van der Waals surface area contributed by atoms with Gasteiger partial charge in [-0.15, -0.1) is 11.3 Å². The Bertz CT molecular complexity index is 751. The Morgan fingerprint density at radius 3 is 2.64 bits per heavy atom. The molecule has 25 heavy (non-hydrogen) atoms. The number of carbonyl (C=O) groups excluding carboxylic acids is 1. The number of benzene rings is 1. The molecule has 0 radical (unpaired) electrons. The van der Waals surface area contributed by atoms with Gasteiger partial charge in [0.2, 0.25) is 5.91 Å². The first-order chi connectivity index (χ1) is 12.3. The Labute approximate surface area is 152 Å². The van der Waals surface area contributed by atoms with E-state index in [1.807, 2.05) is 41.3 Å². The van der Waals surface area contributed by atoms with Gasteiger partial charge >= 0.3 is 0 Å². The lowest BCUT2D eigenvalue weighted by molar-refractivity contribution is -0.133. The summed E-state index contributed by atoms with van der Waals surface area (Å²) in [5, 5.41) is 2.08. The highest BCUT2D eigenvalue weighted by Crippen LogP contribution is 2.23. The highest BCUT2D eigenvalue weighted by Gasteiger charge is 2.24. The van der Waals surface area contributed by atoms with Crippen LogP contribution >= 0.6 is 11.3 Å². The highest BCUT2D eigenvalue weighted by molar-refractivity contribution is 7.09. The largest absolute Gasteiger partial charge is 0.472 e. The Morgan fingerprint density at radius 1 is 1.16 bits per heavy atom. The fourth-order valence-electron chi connectivity index (χ4n) is 3.03. The van der Waals surface area contributed by atoms with E-state index in [0.717, 1.165) is 24.0 Å². The number of nitrogens with zero attached hydrogens (tertiary/aromatic N) is 1. The Hall–Kier alpha value is -2.33. The van der Waals surface area contributed by atoms with Crippen LogP contribution in [0, 0.1) is 0 Å². The molecule has 0 saturated carbocycles. The first-order valence-corrected chi connectivity index (χ1v) is 9.53. The highest BCUT2D eigenvalue weighted by atomic mass is 32.1. The van der Waals surface area contributed by atoms with Crippen molar-refractivity contribution in [2.24, 2.45) is 0 Å². The normalized spacial score (nSPS) is 12.0. The zero-order chi connectivity index (χ0) is 17.5. The second-order valence-corrected chi connectivity index (χ2v) is 7.12. The maximum Gasteiger partial charge on any atom is 0.230 e. The number of hydrogen-bond donors (Lipinski definition) is 0. The minimum atomic E-state index is -0.101. The quantitative estimate of drug-likeness (QED) is 0.564. The molecule has 0 spiro atoms. The van der Waals surface area contributed by atoms with E-state index in [1.54, 1.807) is 23.9 Å². The molecule has 3 nitrogen and oxygen atoms in total. The van der Waals surface area contributed by atoms with Crippen molar-refractivity contribution in [3.8, 4) is 0 Å². The first kappa shape index (κ1) is 17.5. The molecule has 0 saturated heterocycles. The summed E-state index contributed by atoms with van der Waals surface area (Å²) in [5.41, 5.74) is 2.12. The third-order valence-corrected chi connectivity index (χ3v) is 5.32. The zero-order valence-electron chi connectivity index (χ0n) is 14.4. The van der Waals surface area contributed by atoms with E-state index in [4.69, 9.17) is 4.42 Å². The number of amides is 1. The third-order valence-electron chi connectivity index (χ3n) is 4.38. The lowest BCUT2D eigenvalue weighted by atomic mass is 9.94. The maximum absolute atomic E-state index is 13.3. The molecule has 130 valence electrons. The molecule has 1 atom stereocenters. The van der Waals surface area contributed by atoms with Gasteiger partial charge in [-0.1, -0.05) is 43.3 Å². The van der Waals surface area contributed by atoms with Crippen LogP contribution in [0.2, 0.25) is 0 Å². The number of thiophene rings is 1. The molecular formula is C21H23NO2S. The maximum atomic E-state index is 13.3. The fourth-order valence-corrected chi connectivity index (χ4v) is 3.73. The van der Waals surface area contributed by atoms with Gasteiger partial charge < -0.3 is 9.32 Å². The molecule has 0 fully saturated rings. The van der Waals surface area contributed by atoms with Crippen LogP contribution in [0.4, 0.5) is 0 Å². The molecule has 3 rings (SSSR count). The van der Waals surface area contributed by atoms with Crippen molar-refractivity contribution >= 4 is 17.2 Å². The molecule has 0 N–H and O–H groups in total. The van der Waals surface area contributed by atoms with Gasteiger partial charge in [-0.3, -0.25) is 4.79 Å². The molecular weight excluding hydrogens is 330 g/mol.